The minimum Gasteiger partial charge on any atom is -0.389 e. The molecule has 1 atom stereocenters. The van der Waals surface area contributed by atoms with Gasteiger partial charge < -0.3 is 5.11 Å². The summed E-state index contributed by atoms with van der Waals surface area (Å²) in [5.74, 6) is 0.486. The quantitative estimate of drug-likeness (QED) is 0.924. The summed E-state index contributed by atoms with van der Waals surface area (Å²) in [6.45, 7) is 4.05. The molecule has 1 aromatic rings. The Labute approximate surface area is 105 Å². The predicted molar refractivity (Wildman–Crippen MR) is 67.3 cm³/mol. The van der Waals surface area contributed by atoms with Gasteiger partial charge in [-0.2, -0.15) is 5.10 Å². The summed E-state index contributed by atoms with van der Waals surface area (Å²) in [6, 6.07) is 0. The van der Waals surface area contributed by atoms with Crippen molar-refractivity contribution < 1.29 is 5.11 Å². The average molecular weight is 287 g/mol. The molecule has 1 aliphatic carbocycles. The van der Waals surface area contributed by atoms with Crippen LogP contribution in [0.1, 0.15) is 37.6 Å². The van der Waals surface area contributed by atoms with E-state index in [1.165, 1.54) is 12.8 Å². The minimum absolute atomic E-state index is 0.486. The van der Waals surface area contributed by atoms with Crippen LogP contribution >= 0.6 is 15.9 Å². The lowest BCUT2D eigenvalue weighted by Gasteiger charge is -2.26. The number of nitrogens with zero attached hydrogens (tertiary/aromatic N) is 2. The summed E-state index contributed by atoms with van der Waals surface area (Å²) < 4.78 is 2.92. The number of halogens is 1. The SMILES string of the molecule is CCC(O)(Cc1c(Br)c(C)nn1C)C1CC1. The van der Waals surface area contributed by atoms with E-state index in [0.29, 0.717) is 12.3 Å². The topological polar surface area (TPSA) is 38.1 Å². The van der Waals surface area contributed by atoms with E-state index in [0.717, 1.165) is 22.3 Å². The standard InChI is InChI=1S/C12H19BrN2O/c1-4-12(16,9-5-6-9)7-10-11(13)8(2)14-15(10)3/h9,16H,4-7H2,1-3H3. The van der Waals surface area contributed by atoms with Crippen LogP contribution in [0, 0.1) is 12.8 Å². The van der Waals surface area contributed by atoms with Crippen LogP contribution in [0.15, 0.2) is 4.47 Å². The molecular weight excluding hydrogens is 268 g/mol. The molecule has 0 saturated heterocycles. The van der Waals surface area contributed by atoms with Gasteiger partial charge in [0.2, 0.25) is 0 Å². The molecule has 16 heavy (non-hydrogen) atoms. The van der Waals surface area contributed by atoms with Crippen molar-refractivity contribution in [2.45, 2.75) is 45.1 Å². The van der Waals surface area contributed by atoms with E-state index in [4.69, 9.17) is 0 Å². The maximum absolute atomic E-state index is 10.6. The van der Waals surface area contributed by atoms with Crippen LogP contribution < -0.4 is 0 Å². The summed E-state index contributed by atoms with van der Waals surface area (Å²) in [5.41, 5.74) is 1.56. The zero-order chi connectivity index (χ0) is 11.9. The number of hydrogen-bond donors (Lipinski definition) is 1. The van der Waals surface area contributed by atoms with Crippen molar-refractivity contribution in [2.24, 2.45) is 13.0 Å². The molecule has 1 fully saturated rings. The molecule has 0 bridgehead atoms. The highest BCUT2D eigenvalue weighted by atomic mass is 79.9. The summed E-state index contributed by atoms with van der Waals surface area (Å²) in [6.07, 6.45) is 3.85. The van der Waals surface area contributed by atoms with Crippen molar-refractivity contribution in [3.63, 3.8) is 0 Å². The van der Waals surface area contributed by atoms with Gasteiger partial charge in [0.15, 0.2) is 0 Å². The van der Waals surface area contributed by atoms with Crippen molar-refractivity contribution in [1.82, 2.24) is 9.78 Å². The Kier molecular flexibility index (Phi) is 3.14. The molecule has 0 aliphatic heterocycles. The predicted octanol–water partition coefficient (Wildman–Crippen LogP) is 2.58. The lowest BCUT2D eigenvalue weighted by atomic mass is 9.89. The highest BCUT2D eigenvalue weighted by Crippen LogP contribution is 2.44. The third kappa shape index (κ3) is 2.05. The Hall–Kier alpha value is -0.350. The van der Waals surface area contributed by atoms with E-state index in [9.17, 15) is 5.11 Å². The van der Waals surface area contributed by atoms with E-state index in [-0.39, 0.29) is 0 Å². The second-order valence-corrected chi connectivity index (χ2v) is 5.67. The zero-order valence-electron chi connectivity index (χ0n) is 10.1. The Morgan fingerprint density at radius 3 is 2.56 bits per heavy atom. The van der Waals surface area contributed by atoms with E-state index in [2.05, 4.69) is 28.0 Å². The highest BCUT2D eigenvalue weighted by molar-refractivity contribution is 9.10. The third-order valence-electron chi connectivity index (χ3n) is 3.68. The van der Waals surface area contributed by atoms with Crippen molar-refractivity contribution in [3.05, 3.63) is 15.9 Å². The lowest BCUT2D eigenvalue weighted by Crippen LogP contribution is -2.34. The molecular formula is C12H19BrN2O. The summed E-state index contributed by atoms with van der Waals surface area (Å²) in [4.78, 5) is 0. The molecule has 1 unspecified atom stereocenters. The van der Waals surface area contributed by atoms with Gasteiger partial charge in [-0.25, -0.2) is 0 Å². The zero-order valence-corrected chi connectivity index (χ0v) is 11.7. The van der Waals surface area contributed by atoms with E-state index in [1.807, 2.05) is 18.7 Å². The van der Waals surface area contributed by atoms with Crippen LogP contribution in [0.4, 0.5) is 0 Å². The molecule has 0 spiro atoms. The van der Waals surface area contributed by atoms with Crippen LogP contribution in [0.3, 0.4) is 0 Å². The molecule has 1 heterocycles. The molecule has 1 saturated carbocycles. The van der Waals surface area contributed by atoms with Gasteiger partial charge in [0.05, 0.1) is 21.5 Å². The van der Waals surface area contributed by atoms with Gasteiger partial charge >= 0.3 is 0 Å². The third-order valence-corrected chi connectivity index (χ3v) is 4.72. The fourth-order valence-electron chi connectivity index (χ4n) is 2.34. The average Bonchev–Trinajstić information content (AvgIpc) is 3.05. The molecule has 3 nitrogen and oxygen atoms in total. The van der Waals surface area contributed by atoms with Gasteiger partial charge in [-0.1, -0.05) is 6.92 Å². The lowest BCUT2D eigenvalue weighted by molar-refractivity contribution is 0.0121. The van der Waals surface area contributed by atoms with Crippen molar-refractivity contribution >= 4 is 15.9 Å². The molecule has 0 radical (unpaired) electrons. The van der Waals surface area contributed by atoms with E-state index >= 15 is 0 Å². The smallest absolute Gasteiger partial charge is 0.0738 e. The number of aromatic nitrogens is 2. The van der Waals surface area contributed by atoms with Crippen molar-refractivity contribution in [1.29, 1.82) is 0 Å². The highest BCUT2D eigenvalue weighted by Gasteiger charge is 2.43. The number of aryl methyl sites for hydroxylation is 2. The molecule has 90 valence electrons. The fraction of sp³-hybridized carbons (Fsp3) is 0.750. The maximum Gasteiger partial charge on any atom is 0.0738 e. The second-order valence-electron chi connectivity index (χ2n) is 4.88. The van der Waals surface area contributed by atoms with Gasteiger partial charge in [0, 0.05) is 13.5 Å². The summed E-state index contributed by atoms with van der Waals surface area (Å²) in [5, 5.41) is 15.0. The van der Waals surface area contributed by atoms with Crippen LogP contribution in [-0.2, 0) is 13.5 Å². The van der Waals surface area contributed by atoms with Crippen LogP contribution in [-0.4, -0.2) is 20.5 Å². The Morgan fingerprint density at radius 1 is 1.56 bits per heavy atom. The van der Waals surface area contributed by atoms with E-state index in [1.54, 1.807) is 0 Å². The summed E-state index contributed by atoms with van der Waals surface area (Å²) >= 11 is 3.56. The summed E-state index contributed by atoms with van der Waals surface area (Å²) in [7, 11) is 1.94. The van der Waals surface area contributed by atoms with Gasteiger partial charge in [-0.15, -0.1) is 0 Å². The normalized spacial score (nSPS) is 19.8. The molecule has 1 N–H and O–H groups in total. The molecule has 0 aromatic carbocycles. The Balaban J connectivity index is 2.25. The first kappa shape index (κ1) is 12.1. The second kappa shape index (κ2) is 4.15. The van der Waals surface area contributed by atoms with Crippen molar-refractivity contribution in [3.8, 4) is 0 Å². The number of rotatable bonds is 4. The fourth-order valence-corrected chi connectivity index (χ4v) is 2.82. The van der Waals surface area contributed by atoms with Gasteiger partial charge in [0.25, 0.3) is 0 Å². The van der Waals surface area contributed by atoms with Crippen LogP contribution in [0.5, 0.6) is 0 Å². The molecule has 1 aromatic heterocycles. The molecule has 1 aliphatic rings. The first-order valence-electron chi connectivity index (χ1n) is 5.88. The Bertz CT molecular complexity index is 398. The number of hydrogen-bond acceptors (Lipinski definition) is 2. The molecule has 4 heteroatoms. The molecule has 2 rings (SSSR count). The largest absolute Gasteiger partial charge is 0.389 e. The van der Waals surface area contributed by atoms with Gasteiger partial charge in [0.1, 0.15) is 0 Å². The first-order chi connectivity index (χ1) is 7.48. The van der Waals surface area contributed by atoms with Gasteiger partial charge in [-0.05, 0) is 48.0 Å². The molecule has 0 amide bonds. The van der Waals surface area contributed by atoms with Crippen LogP contribution in [0.2, 0.25) is 0 Å². The minimum atomic E-state index is -0.539. The van der Waals surface area contributed by atoms with Gasteiger partial charge in [-0.3, -0.25) is 4.68 Å². The first-order valence-corrected chi connectivity index (χ1v) is 6.67. The van der Waals surface area contributed by atoms with E-state index < -0.39 is 5.60 Å². The monoisotopic (exact) mass is 286 g/mol. The van der Waals surface area contributed by atoms with Crippen molar-refractivity contribution in [2.75, 3.05) is 0 Å². The maximum atomic E-state index is 10.6. The Morgan fingerprint density at radius 2 is 2.19 bits per heavy atom. The number of aliphatic hydroxyl groups is 1. The van der Waals surface area contributed by atoms with Crippen LogP contribution in [0.25, 0.3) is 0 Å².